The lowest BCUT2D eigenvalue weighted by Gasteiger charge is -2.06. The number of carboxylic acid groups (broad SMARTS) is 1. The lowest BCUT2D eigenvalue weighted by Crippen LogP contribution is -2.01. The predicted molar refractivity (Wildman–Crippen MR) is 73.1 cm³/mol. The predicted octanol–water partition coefficient (Wildman–Crippen LogP) is 2.34. The summed E-state index contributed by atoms with van der Waals surface area (Å²) in [7, 11) is 1.41. The Hall–Kier alpha value is -2.68. The van der Waals surface area contributed by atoms with Crippen molar-refractivity contribution in [1.29, 1.82) is 0 Å². The first kappa shape index (κ1) is 14.7. The van der Waals surface area contributed by atoms with Crippen LogP contribution in [0.2, 0.25) is 0 Å². The number of benzene rings is 1. The number of nitrogens with zero attached hydrogens (tertiary/aromatic N) is 2. The standard InChI is InChI=1S/C12H10N2O6S/c1-19-8-2-3-10(9(4-8)14(17)18)20-5-7-6-21-11(13-7)12(15)16/h2-4,6H,5H2,1H3,(H,15,16). The average molecular weight is 310 g/mol. The Morgan fingerprint density at radius 1 is 1.52 bits per heavy atom. The summed E-state index contributed by atoms with van der Waals surface area (Å²) >= 11 is 0.965. The van der Waals surface area contributed by atoms with Crippen LogP contribution in [0.5, 0.6) is 11.5 Å². The second-order valence-corrected chi connectivity index (χ2v) is 4.69. The summed E-state index contributed by atoms with van der Waals surface area (Å²) in [5.41, 5.74) is 0.158. The first-order chi connectivity index (χ1) is 10.0. The highest BCUT2D eigenvalue weighted by Gasteiger charge is 2.17. The lowest BCUT2D eigenvalue weighted by atomic mass is 10.3. The monoisotopic (exact) mass is 310 g/mol. The maximum Gasteiger partial charge on any atom is 0.365 e. The molecule has 0 atom stereocenters. The van der Waals surface area contributed by atoms with Gasteiger partial charge in [0.25, 0.3) is 0 Å². The Balaban J connectivity index is 2.15. The fourth-order valence-corrected chi connectivity index (χ4v) is 2.15. The second kappa shape index (κ2) is 6.18. The number of hydrogen-bond acceptors (Lipinski definition) is 7. The SMILES string of the molecule is COc1ccc(OCc2csc(C(=O)O)n2)c([N+](=O)[O-])c1. The van der Waals surface area contributed by atoms with E-state index >= 15 is 0 Å². The summed E-state index contributed by atoms with van der Waals surface area (Å²) in [4.78, 5) is 24.9. The number of carbonyl (C=O) groups is 1. The number of methoxy groups -OCH3 is 1. The molecule has 0 spiro atoms. The Kier molecular flexibility index (Phi) is 4.33. The number of thiazole rings is 1. The van der Waals surface area contributed by atoms with Crippen LogP contribution < -0.4 is 9.47 Å². The first-order valence-electron chi connectivity index (χ1n) is 5.64. The molecule has 8 nitrogen and oxygen atoms in total. The molecule has 0 aliphatic carbocycles. The zero-order valence-corrected chi connectivity index (χ0v) is 11.6. The van der Waals surface area contributed by atoms with Crippen LogP contribution in [0.4, 0.5) is 5.69 Å². The summed E-state index contributed by atoms with van der Waals surface area (Å²) in [6.07, 6.45) is 0. The van der Waals surface area contributed by atoms with E-state index in [1.165, 1.54) is 30.7 Å². The molecule has 110 valence electrons. The number of hydrogen-bond donors (Lipinski definition) is 1. The summed E-state index contributed by atoms with van der Waals surface area (Å²) in [5, 5.41) is 21.2. The molecule has 1 aromatic carbocycles. The quantitative estimate of drug-likeness (QED) is 0.643. The van der Waals surface area contributed by atoms with E-state index in [1.54, 1.807) is 0 Å². The Labute approximate surface area is 122 Å². The Morgan fingerprint density at radius 2 is 2.29 bits per heavy atom. The lowest BCUT2D eigenvalue weighted by molar-refractivity contribution is -0.386. The molecule has 9 heteroatoms. The minimum absolute atomic E-state index is 0.0576. The fourth-order valence-electron chi connectivity index (χ4n) is 1.51. The van der Waals surface area contributed by atoms with Gasteiger partial charge in [0.05, 0.1) is 23.8 Å². The fraction of sp³-hybridized carbons (Fsp3) is 0.167. The highest BCUT2D eigenvalue weighted by Crippen LogP contribution is 2.31. The largest absolute Gasteiger partial charge is 0.496 e. The van der Waals surface area contributed by atoms with Crippen LogP contribution in [0.3, 0.4) is 0 Å². The van der Waals surface area contributed by atoms with Gasteiger partial charge >= 0.3 is 11.7 Å². The van der Waals surface area contributed by atoms with E-state index in [1.807, 2.05) is 0 Å². The molecule has 2 aromatic rings. The number of aromatic nitrogens is 1. The molecule has 1 N–H and O–H groups in total. The van der Waals surface area contributed by atoms with Gasteiger partial charge in [0.1, 0.15) is 12.4 Å². The van der Waals surface area contributed by atoms with Crippen molar-refractivity contribution >= 4 is 23.0 Å². The van der Waals surface area contributed by atoms with Gasteiger partial charge in [-0.25, -0.2) is 9.78 Å². The topological polar surface area (TPSA) is 112 Å². The maximum atomic E-state index is 11.0. The average Bonchev–Trinajstić information content (AvgIpc) is 2.94. The van der Waals surface area contributed by atoms with Crippen molar-refractivity contribution in [2.45, 2.75) is 6.61 Å². The van der Waals surface area contributed by atoms with Gasteiger partial charge in [0.2, 0.25) is 5.01 Å². The van der Waals surface area contributed by atoms with E-state index in [4.69, 9.17) is 14.6 Å². The van der Waals surface area contributed by atoms with Gasteiger partial charge in [-0.05, 0) is 12.1 Å². The molecule has 0 saturated heterocycles. The van der Waals surface area contributed by atoms with Gasteiger partial charge in [-0.1, -0.05) is 0 Å². The molecule has 0 fully saturated rings. The van der Waals surface area contributed by atoms with E-state index in [2.05, 4.69) is 4.98 Å². The molecule has 0 amide bonds. The van der Waals surface area contributed by atoms with Crippen molar-refractivity contribution in [3.05, 3.63) is 44.4 Å². The third-order valence-corrected chi connectivity index (χ3v) is 3.35. The molecule has 1 heterocycles. The van der Waals surface area contributed by atoms with Crippen LogP contribution in [-0.4, -0.2) is 28.1 Å². The van der Waals surface area contributed by atoms with E-state index in [0.717, 1.165) is 11.3 Å². The smallest absolute Gasteiger partial charge is 0.365 e. The van der Waals surface area contributed by atoms with Crippen LogP contribution in [-0.2, 0) is 6.61 Å². The molecular weight excluding hydrogens is 300 g/mol. The number of nitro benzene ring substituents is 1. The maximum absolute atomic E-state index is 11.0. The van der Waals surface area contributed by atoms with Crippen molar-refractivity contribution in [3.63, 3.8) is 0 Å². The van der Waals surface area contributed by atoms with Crippen molar-refractivity contribution in [3.8, 4) is 11.5 Å². The first-order valence-corrected chi connectivity index (χ1v) is 6.52. The molecule has 1 aromatic heterocycles. The van der Waals surface area contributed by atoms with Gasteiger partial charge in [0.15, 0.2) is 5.75 Å². The van der Waals surface area contributed by atoms with Crippen LogP contribution >= 0.6 is 11.3 Å². The number of nitro groups is 1. The van der Waals surface area contributed by atoms with Gasteiger partial charge in [-0.2, -0.15) is 0 Å². The highest BCUT2D eigenvalue weighted by atomic mass is 32.1. The zero-order valence-electron chi connectivity index (χ0n) is 10.8. The molecule has 0 saturated carbocycles. The molecule has 0 aliphatic heterocycles. The third-order valence-electron chi connectivity index (χ3n) is 2.47. The highest BCUT2D eigenvalue weighted by molar-refractivity contribution is 7.11. The second-order valence-electron chi connectivity index (χ2n) is 3.83. The van der Waals surface area contributed by atoms with Gasteiger partial charge in [-0.3, -0.25) is 10.1 Å². The van der Waals surface area contributed by atoms with Crippen molar-refractivity contribution in [2.75, 3.05) is 7.11 Å². The summed E-state index contributed by atoms with van der Waals surface area (Å²) < 4.78 is 10.2. The molecule has 0 unspecified atom stereocenters. The molecule has 0 radical (unpaired) electrons. The summed E-state index contributed by atoms with van der Waals surface area (Å²) in [5.74, 6) is -0.719. The van der Waals surface area contributed by atoms with E-state index in [0.29, 0.717) is 11.4 Å². The third kappa shape index (κ3) is 3.45. The summed E-state index contributed by atoms with van der Waals surface area (Å²) in [6.45, 7) is -0.0586. The van der Waals surface area contributed by atoms with Crippen molar-refractivity contribution in [1.82, 2.24) is 4.98 Å². The number of rotatable bonds is 6. The minimum atomic E-state index is -1.12. The van der Waals surface area contributed by atoms with Crippen LogP contribution in [0.25, 0.3) is 0 Å². The number of carboxylic acids is 1. The van der Waals surface area contributed by atoms with Crippen LogP contribution in [0.15, 0.2) is 23.6 Å². The van der Waals surface area contributed by atoms with Crippen molar-refractivity contribution in [2.24, 2.45) is 0 Å². The molecule has 0 aliphatic rings. The van der Waals surface area contributed by atoms with Gasteiger partial charge in [-0.15, -0.1) is 11.3 Å². The zero-order chi connectivity index (χ0) is 15.4. The van der Waals surface area contributed by atoms with Crippen molar-refractivity contribution < 1.29 is 24.3 Å². The van der Waals surface area contributed by atoms with E-state index in [-0.39, 0.29) is 23.1 Å². The molecule has 2 rings (SSSR count). The number of ether oxygens (including phenoxy) is 2. The van der Waals surface area contributed by atoms with Gasteiger partial charge < -0.3 is 14.6 Å². The number of aromatic carboxylic acids is 1. The molecule has 21 heavy (non-hydrogen) atoms. The molecule has 0 bridgehead atoms. The summed E-state index contributed by atoms with van der Waals surface area (Å²) in [6, 6.07) is 4.20. The van der Waals surface area contributed by atoms with E-state index < -0.39 is 10.9 Å². The normalized spacial score (nSPS) is 10.1. The Morgan fingerprint density at radius 3 is 2.86 bits per heavy atom. The minimum Gasteiger partial charge on any atom is -0.496 e. The van der Waals surface area contributed by atoms with Crippen LogP contribution in [0, 0.1) is 10.1 Å². The van der Waals surface area contributed by atoms with Gasteiger partial charge in [0, 0.05) is 5.38 Å². The molecular formula is C12H10N2O6S. The van der Waals surface area contributed by atoms with E-state index in [9.17, 15) is 14.9 Å². The van der Waals surface area contributed by atoms with Crippen LogP contribution in [0.1, 0.15) is 15.5 Å². The Bertz CT molecular complexity index is 684.